The molecule has 1 aliphatic rings. The van der Waals surface area contributed by atoms with Crippen molar-refractivity contribution in [3.8, 4) is 0 Å². The number of aliphatic hydroxyl groups excluding tert-OH is 1. The topological polar surface area (TPSA) is 102 Å². The molecule has 0 radical (unpaired) electrons. The van der Waals surface area contributed by atoms with Crippen molar-refractivity contribution in [2.45, 2.75) is 40.0 Å². The monoisotopic (exact) mass is 306 g/mol. The van der Waals surface area contributed by atoms with Gasteiger partial charge in [0, 0.05) is 0 Å². The Bertz CT molecular complexity index is 398. The van der Waals surface area contributed by atoms with Crippen molar-refractivity contribution in [2.24, 2.45) is 16.3 Å². The van der Waals surface area contributed by atoms with E-state index in [0.717, 1.165) is 12.8 Å². The molecule has 0 aromatic heterocycles. The maximum absolute atomic E-state index is 11.9. The Morgan fingerprint density at radius 3 is 2.33 bits per heavy atom. The zero-order valence-corrected chi connectivity index (χ0v) is 15.3. The first kappa shape index (κ1) is 22.6. The molecule has 0 aromatic carbocycles. The molecule has 1 aliphatic heterocycles. The zero-order valence-electron chi connectivity index (χ0n) is 13.3. The Balaban J connectivity index is 0. The summed E-state index contributed by atoms with van der Waals surface area (Å²) < 4.78 is 0. The van der Waals surface area contributed by atoms with E-state index in [9.17, 15) is 14.7 Å². The molecule has 2 unspecified atom stereocenters. The van der Waals surface area contributed by atoms with Gasteiger partial charge in [-0.25, -0.2) is 4.99 Å². The second-order valence-electron chi connectivity index (χ2n) is 4.66. The van der Waals surface area contributed by atoms with Gasteiger partial charge in [0.15, 0.2) is 0 Å². The van der Waals surface area contributed by atoms with Gasteiger partial charge >= 0.3 is 29.6 Å². The fourth-order valence-electron chi connectivity index (χ4n) is 2.30. The van der Waals surface area contributed by atoms with E-state index in [4.69, 9.17) is 5.11 Å². The molecule has 0 aliphatic carbocycles. The van der Waals surface area contributed by atoms with E-state index < -0.39 is 23.3 Å². The van der Waals surface area contributed by atoms with Crippen molar-refractivity contribution in [3.05, 3.63) is 12.7 Å². The van der Waals surface area contributed by atoms with Gasteiger partial charge in [-0.05, 0) is 18.8 Å². The van der Waals surface area contributed by atoms with Crippen LogP contribution in [0.2, 0.25) is 0 Å². The predicted molar refractivity (Wildman–Crippen MR) is 74.7 cm³/mol. The molecule has 0 saturated carbocycles. The standard InChI is InChI=1S/C11H18N2O3.C3H6O.Na/c1-4-6-7(3)11(5-2)8(14)12-10(16)13-9(11)15;1-2-3-4;/h7H,4-6H2,1-3H3,(H2,12,13,14,15,16);2,4H,1,3H2;/q;;+1/p-1. The minimum atomic E-state index is -1.15. The second kappa shape index (κ2) is 11.0. The molecule has 0 spiro atoms. The summed E-state index contributed by atoms with van der Waals surface area (Å²) in [5.41, 5.74) is -1.15. The van der Waals surface area contributed by atoms with E-state index in [1.54, 1.807) is 6.92 Å². The zero-order chi connectivity index (χ0) is 15.8. The van der Waals surface area contributed by atoms with Gasteiger partial charge in [-0.1, -0.05) is 33.3 Å². The van der Waals surface area contributed by atoms with Crippen LogP contribution in [0.15, 0.2) is 17.6 Å². The first-order chi connectivity index (χ1) is 9.40. The summed E-state index contributed by atoms with van der Waals surface area (Å²) in [5.74, 6) is -1.20. The van der Waals surface area contributed by atoms with E-state index >= 15 is 0 Å². The molecule has 2 amide bonds. The Morgan fingerprint density at radius 2 is 2.00 bits per heavy atom. The Morgan fingerprint density at radius 1 is 1.48 bits per heavy atom. The molecule has 21 heavy (non-hydrogen) atoms. The minimum Gasteiger partial charge on any atom is -0.846 e. The third-order valence-corrected chi connectivity index (χ3v) is 3.46. The number of carbonyl (C=O) groups excluding carboxylic acids is 2. The molecule has 6 nitrogen and oxygen atoms in total. The van der Waals surface area contributed by atoms with Gasteiger partial charge < -0.3 is 15.5 Å². The van der Waals surface area contributed by atoms with Gasteiger partial charge in [0.1, 0.15) is 5.41 Å². The van der Waals surface area contributed by atoms with Crippen molar-refractivity contribution in [1.82, 2.24) is 5.32 Å². The average molecular weight is 306 g/mol. The molecule has 0 aromatic rings. The van der Waals surface area contributed by atoms with Crippen molar-refractivity contribution >= 4 is 17.8 Å². The predicted octanol–water partition coefficient (Wildman–Crippen LogP) is -2.64. The quantitative estimate of drug-likeness (QED) is 0.329. The Labute approximate surface area is 148 Å². The van der Waals surface area contributed by atoms with E-state index in [-0.39, 0.29) is 42.1 Å². The van der Waals surface area contributed by atoms with Crippen LogP contribution in [0.5, 0.6) is 0 Å². The number of hydrogen-bond acceptors (Lipinski definition) is 4. The maximum atomic E-state index is 11.9. The summed E-state index contributed by atoms with van der Waals surface area (Å²) >= 11 is 0. The summed E-state index contributed by atoms with van der Waals surface area (Å²) in [7, 11) is 0. The van der Waals surface area contributed by atoms with Crippen molar-refractivity contribution < 1.29 is 49.4 Å². The molecule has 0 bridgehead atoms. The van der Waals surface area contributed by atoms with Crippen LogP contribution in [0.3, 0.4) is 0 Å². The van der Waals surface area contributed by atoms with Gasteiger partial charge in [0.2, 0.25) is 5.91 Å². The van der Waals surface area contributed by atoms with Crippen LogP contribution >= 0.6 is 0 Å². The van der Waals surface area contributed by atoms with Crippen LogP contribution in [0, 0.1) is 11.3 Å². The third kappa shape index (κ3) is 5.54. The molecule has 7 heteroatoms. The molecule has 2 N–H and O–H groups in total. The summed E-state index contributed by atoms with van der Waals surface area (Å²) in [5, 5.41) is 20.8. The number of carbonyl (C=O) groups is 2. The number of amides is 2. The van der Waals surface area contributed by atoms with Crippen LogP contribution in [0.25, 0.3) is 0 Å². The molecule has 0 saturated heterocycles. The first-order valence-electron chi connectivity index (χ1n) is 6.73. The number of aliphatic hydroxyl groups is 1. The fraction of sp³-hybridized carbons (Fsp3) is 0.643. The summed E-state index contributed by atoms with van der Waals surface area (Å²) in [6.07, 6.45) is 3.45. The number of aliphatic imine (C=N–C) groups is 1. The maximum Gasteiger partial charge on any atom is 1.00 e. The van der Waals surface area contributed by atoms with Gasteiger partial charge in [0.25, 0.3) is 5.91 Å². The van der Waals surface area contributed by atoms with Gasteiger partial charge in [-0.15, -0.1) is 6.58 Å². The molecule has 114 valence electrons. The number of rotatable bonds is 5. The van der Waals surface area contributed by atoms with Gasteiger partial charge in [0.05, 0.1) is 12.6 Å². The number of nitrogens with zero attached hydrogens (tertiary/aromatic N) is 1. The summed E-state index contributed by atoms with van der Waals surface area (Å²) in [4.78, 5) is 27.1. The van der Waals surface area contributed by atoms with Gasteiger partial charge in [-0.2, -0.15) is 0 Å². The van der Waals surface area contributed by atoms with E-state index in [0.29, 0.717) is 6.42 Å². The molecule has 0 fully saturated rings. The summed E-state index contributed by atoms with van der Waals surface area (Å²) in [6, 6.07) is -0.845. The molecular formula is C14H23N2NaO4. The van der Waals surface area contributed by atoms with Crippen molar-refractivity contribution in [1.29, 1.82) is 0 Å². The largest absolute Gasteiger partial charge is 1.00 e. The van der Waals surface area contributed by atoms with E-state index in [1.807, 2.05) is 13.8 Å². The Hall–Kier alpha value is -0.690. The minimum absolute atomic E-state index is 0. The van der Waals surface area contributed by atoms with Crippen molar-refractivity contribution in [2.75, 3.05) is 6.61 Å². The van der Waals surface area contributed by atoms with E-state index in [1.165, 1.54) is 6.08 Å². The van der Waals surface area contributed by atoms with Gasteiger partial charge in [-0.3, -0.25) is 9.59 Å². The SMILES string of the molecule is C=CCO.CCCC(C)C1(CC)C(=O)N=C([O-])NC1=O.[Na+]. The number of nitrogens with one attached hydrogen (secondary N) is 1. The Kier molecular flexibility index (Phi) is 11.8. The molecule has 1 rings (SSSR count). The summed E-state index contributed by atoms with van der Waals surface area (Å²) in [6.45, 7) is 8.94. The van der Waals surface area contributed by atoms with E-state index in [2.05, 4.69) is 16.9 Å². The number of amidine groups is 1. The van der Waals surface area contributed by atoms with Crippen LogP contribution in [0.1, 0.15) is 40.0 Å². The number of hydrogen-bond donors (Lipinski definition) is 2. The first-order valence-corrected chi connectivity index (χ1v) is 6.73. The fourth-order valence-corrected chi connectivity index (χ4v) is 2.30. The molecular weight excluding hydrogens is 283 g/mol. The molecule has 2 atom stereocenters. The van der Waals surface area contributed by atoms with Crippen LogP contribution in [-0.2, 0) is 9.59 Å². The van der Waals surface area contributed by atoms with Crippen molar-refractivity contribution in [3.63, 3.8) is 0 Å². The normalized spacial score (nSPS) is 22.0. The van der Waals surface area contributed by atoms with Crippen LogP contribution in [0.4, 0.5) is 0 Å². The second-order valence-corrected chi connectivity index (χ2v) is 4.66. The third-order valence-electron chi connectivity index (χ3n) is 3.46. The average Bonchev–Trinajstić information content (AvgIpc) is 2.39. The van der Waals surface area contributed by atoms with Crippen LogP contribution < -0.4 is 40.0 Å². The smallest absolute Gasteiger partial charge is 0.846 e. The van der Waals surface area contributed by atoms with Crippen LogP contribution in [-0.4, -0.2) is 29.5 Å². The molecule has 1 heterocycles.